The highest BCUT2D eigenvalue weighted by molar-refractivity contribution is 9.13. The summed E-state index contributed by atoms with van der Waals surface area (Å²) in [6, 6.07) is 11.1. The van der Waals surface area contributed by atoms with Gasteiger partial charge in [0, 0.05) is 10.0 Å². The minimum atomic E-state index is -0.632. The van der Waals surface area contributed by atoms with Crippen molar-refractivity contribution in [1.29, 1.82) is 0 Å². The number of ether oxygens (including phenoxy) is 1. The van der Waals surface area contributed by atoms with Gasteiger partial charge in [-0.1, -0.05) is 18.2 Å². The van der Waals surface area contributed by atoms with E-state index >= 15 is 0 Å². The number of carbonyl (C=O) groups excluding carboxylic acids is 1. The smallest absolute Gasteiger partial charge is 0.349 e. The van der Waals surface area contributed by atoms with Crippen LogP contribution in [0.1, 0.15) is 28.6 Å². The molecule has 0 aliphatic rings. The number of aromatic nitrogens is 2. The summed E-state index contributed by atoms with van der Waals surface area (Å²) in [4.78, 5) is 12.6. The zero-order chi connectivity index (χ0) is 16.4. The van der Waals surface area contributed by atoms with E-state index < -0.39 is 12.1 Å². The zero-order valence-corrected chi connectivity index (χ0v) is 15.8. The summed E-state index contributed by atoms with van der Waals surface area (Å²) < 4.78 is 12.6. The van der Waals surface area contributed by atoms with Crippen LogP contribution in [0.4, 0.5) is 0 Å². The van der Waals surface area contributed by atoms with Crippen molar-refractivity contribution >= 4 is 49.2 Å². The van der Waals surface area contributed by atoms with E-state index in [1.54, 1.807) is 13.0 Å². The van der Waals surface area contributed by atoms with E-state index in [0.29, 0.717) is 10.8 Å². The van der Waals surface area contributed by atoms with E-state index in [9.17, 15) is 4.79 Å². The summed E-state index contributed by atoms with van der Waals surface area (Å²) in [5, 5.41) is 7.94. The number of halogens is 2. The topological polar surface area (TPSA) is 65.2 Å². The summed E-state index contributed by atoms with van der Waals surface area (Å²) in [5.74, 6) is 0.213. The fraction of sp³-hybridized carbons (Fsp3) is 0.133. The molecule has 0 radical (unpaired) electrons. The Hall–Kier alpha value is -1.51. The Bertz CT molecular complexity index is 813. The van der Waals surface area contributed by atoms with E-state index in [2.05, 4.69) is 42.1 Å². The lowest BCUT2D eigenvalue weighted by atomic mass is 10.2. The molecule has 0 fully saturated rings. The van der Waals surface area contributed by atoms with Crippen LogP contribution in [0.25, 0.3) is 11.5 Å². The first-order valence-corrected chi connectivity index (χ1v) is 8.99. The van der Waals surface area contributed by atoms with Gasteiger partial charge in [-0.05, 0) is 57.0 Å². The third kappa shape index (κ3) is 3.70. The van der Waals surface area contributed by atoms with Crippen LogP contribution in [0.3, 0.4) is 0 Å². The fourth-order valence-corrected chi connectivity index (χ4v) is 3.73. The van der Waals surface area contributed by atoms with Crippen molar-refractivity contribution in [1.82, 2.24) is 10.2 Å². The molecule has 3 rings (SSSR count). The molecule has 8 heteroatoms. The maximum atomic E-state index is 12.1. The third-order valence-electron chi connectivity index (χ3n) is 2.94. The van der Waals surface area contributed by atoms with Crippen molar-refractivity contribution in [3.8, 4) is 11.5 Å². The average Bonchev–Trinajstić information content (AvgIpc) is 3.16. The molecule has 0 aliphatic heterocycles. The van der Waals surface area contributed by atoms with E-state index in [0.717, 1.165) is 13.8 Å². The Morgan fingerprint density at radius 1 is 1.26 bits per heavy atom. The van der Waals surface area contributed by atoms with Gasteiger partial charge in [-0.2, -0.15) is 0 Å². The first-order valence-electron chi connectivity index (χ1n) is 6.59. The summed E-state index contributed by atoms with van der Waals surface area (Å²) in [6.07, 6.45) is -0.632. The molecule has 23 heavy (non-hydrogen) atoms. The molecule has 0 aliphatic carbocycles. The minimum absolute atomic E-state index is 0.256. The van der Waals surface area contributed by atoms with Crippen LogP contribution in [0.2, 0.25) is 0 Å². The second-order valence-corrected chi connectivity index (χ2v) is 7.82. The Balaban J connectivity index is 1.72. The summed E-state index contributed by atoms with van der Waals surface area (Å²) in [7, 11) is 0. The fourth-order valence-electron chi connectivity index (χ4n) is 1.81. The molecule has 0 saturated carbocycles. The molecule has 1 atom stereocenters. The summed E-state index contributed by atoms with van der Waals surface area (Å²) in [6.45, 7) is 1.69. The number of esters is 1. The van der Waals surface area contributed by atoms with Crippen LogP contribution in [0.5, 0.6) is 0 Å². The van der Waals surface area contributed by atoms with Gasteiger partial charge in [0.05, 0.1) is 3.79 Å². The summed E-state index contributed by atoms with van der Waals surface area (Å²) in [5.41, 5.74) is 0.816. The monoisotopic (exact) mass is 456 g/mol. The molecule has 0 N–H and O–H groups in total. The quantitative estimate of drug-likeness (QED) is 0.501. The van der Waals surface area contributed by atoms with E-state index in [1.807, 2.05) is 30.3 Å². The number of thiophene rings is 1. The molecule has 118 valence electrons. The largest absolute Gasteiger partial charge is 0.448 e. The van der Waals surface area contributed by atoms with E-state index in [-0.39, 0.29) is 5.89 Å². The van der Waals surface area contributed by atoms with Crippen LogP contribution >= 0.6 is 43.2 Å². The molecule has 5 nitrogen and oxygen atoms in total. The second-order valence-electron chi connectivity index (χ2n) is 4.59. The van der Waals surface area contributed by atoms with Crippen LogP contribution in [-0.2, 0) is 4.74 Å². The normalized spacial score (nSPS) is 12.1. The first-order chi connectivity index (χ1) is 11.0. The van der Waals surface area contributed by atoms with Gasteiger partial charge in [-0.25, -0.2) is 4.79 Å². The molecular weight excluding hydrogens is 448 g/mol. The van der Waals surface area contributed by atoms with Crippen molar-refractivity contribution in [2.75, 3.05) is 0 Å². The molecule has 0 amide bonds. The van der Waals surface area contributed by atoms with Gasteiger partial charge in [-0.3, -0.25) is 0 Å². The van der Waals surface area contributed by atoms with Gasteiger partial charge in [-0.15, -0.1) is 21.5 Å². The zero-order valence-electron chi connectivity index (χ0n) is 11.8. The van der Waals surface area contributed by atoms with Crippen molar-refractivity contribution in [2.24, 2.45) is 0 Å². The van der Waals surface area contributed by atoms with Crippen molar-refractivity contribution in [2.45, 2.75) is 13.0 Å². The van der Waals surface area contributed by atoms with Crippen LogP contribution in [0, 0.1) is 0 Å². The van der Waals surface area contributed by atoms with Gasteiger partial charge >= 0.3 is 5.97 Å². The lowest BCUT2D eigenvalue weighted by molar-refractivity contribution is 0.0285. The maximum absolute atomic E-state index is 12.1. The second kappa shape index (κ2) is 6.94. The van der Waals surface area contributed by atoms with Gasteiger partial charge in [0.15, 0.2) is 6.10 Å². The van der Waals surface area contributed by atoms with E-state index in [4.69, 9.17) is 9.15 Å². The highest BCUT2D eigenvalue weighted by Crippen LogP contribution is 2.33. The third-order valence-corrected chi connectivity index (χ3v) is 6.18. The van der Waals surface area contributed by atoms with Crippen LogP contribution < -0.4 is 0 Å². The number of benzene rings is 1. The average molecular weight is 458 g/mol. The molecule has 3 aromatic rings. The predicted molar refractivity (Wildman–Crippen MR) is 93.3 cm³/mol. The molecule has 1 aromatic carbocycles. The molecule has 2 aromatic heterocycles. The maximum Gasteiger partial charge on any atom is 0.349 e. The Kier molecular flexibility index (Phi) is 4.93. The molecule has 1 unspecified atom stereocenters. The SMILES string of the molecule is CC(OC(=O)c1cc(Br)c(Br)s1)c1nnc(-c2ccccc2)o1. The van der Waals surface area contributed by atoms with Crippen molar-refractivity contribution in [3.05, 3.63) is 55.4 Å². The Labute approximate surface area is 152 Å². The highest BCUT2D eigenvalue weighted by atomic mass is 79.9. The molecule has 2 heterocycles. The lowest BCUT2D eigenvalue weighted by Crippen LogP contribution is -2.08. The van der Waals surface area contributed by atoms with Gasteiger partial charge in [0.2, 0.25) is 5.89 Å². The van der Waals surface area contributed by atoms with Gasteiger partial charge in [0.1, 0.15) is 4.88 Å². The molecule has 0 saturated heterocycles. The van der Waals surface area contributed by atoms with Gasteiger partial charge < -0.3 is 9.15 Å². The number of rotatable bonds is 4. The minimum Gasteiger partial charge on any atom is -0.448 e. The Morgan fingerprint density at radius 2 is 2.00 bits per heavy atom. The standard InChI is InChI=1S/C15H10Br2N2O3S/c1-8(21-15(20)11-7-10(16)12(17)23-11)13-18-19-14(22-13)9-5-3-2-4-6-9/h2-8H,1H3. The Morgan fingerprint density at radius 3 is 2.65 bits per heavy atom. The lowest BCUT2D eigenvalue weighted by Gasteiger charge is -2.07. The molecule has 0 bridgehead atoms. The number of carbonyl (C=O) groups is 1. The van der Waals surface area contributed by atoms with Gasteiger partial charge in [0.25, 0.3) is 5.89 Å². The van der Waals surface area contributed by atoms with Crippen LogP contribution in [0.15, 0.2) is 49.1 Å². The molecular formula is C15H10Br2N2O3S. The summed E-state index contributed by atoms with van der Waals surface area (Å²) >= 11 is 7.98. The highest BCUT2D eigenvalue weighted by Gasteiger charge is 2.21. The van der Waals surface area contributed by atoms with Crippen molar-refractivity contribution in [3.63, 3.8) is 0 Å². The van der Waals surface area contributed by atoms with E-state index in [1.165, 1.54) is 11.3 Å². The predicted octanol–water partition coefficient (Wildman–Crippen LogP) is 5.24. The first kappa shape index (κ1) is 16.4. The number of hydrogen-bond acceptors (Lipinski definition) is 6. The molecule has 0 spiro atoms. The van der Waals surface area contributed by atoms with Crippen molar-refractivity contribution < 1.29 is 13.9 Å². The van der Waals surface area contributed by atoms with Crippen LogP contribution in [-0.4, -0.2) is 16.2 Å². The number of hydrogen-bond donors (Lipinski definition) is 0. The number of nitrogens with zero attached hydrogens (tertiary/aromatic N) is 2.